The van der Waals surface area contributed by atoms with Crippen molar-refractivity contribution >= 4 is 12.0 Å². The zero-order valence-corrected chi connectivity index (χ0v) is 18.6. The lowest BCUT2D eigenvalue weighted by Crippen LogP contribution is -2.46. The number of carbonyl (C=O) groups excluding carboxylic acids is 1. The predicted molar refractivity (Wildman–Crippen MR) is 125 cm³/mol. The van der Waals surface area contributed by atoms with Crippen molar-refractivity contribution in [2.75, 3.05) is 18.1 Å². The summed E-state index contributed by atoms with van der Waals surface area (Å²) in [5, 5.41) is 4.49. The Morgan fingerprint density at radius 1 is 1.18 bits per heavy atom. The molecule has 4 aromatic rings. The Kier molecular flexibility index (Phi) is 6.09. The van der Waals surface area contributed by atoms with Crippen molar-refractivity contribution in [3.05, 3.63) is 78.4 Å². The number of rotatable bonds is 6. The van der Waals surface area contributed by atoms with Crippen LogP contribution in [0.25, 0.3) is 22.5 Å². The average molecular weight is 458 g/mol. The van der Waals surface area contributed by atoms with Gasteiger partial charge in [0.25, 0.3) is 0 Å². The number of nitrogens with zero attached hydrogens (tertiary/aromatic N) is 6. The molecule has 9 heteroatoms. The number of pyridine rings is 1. The fourth-order valence-electron chi connectivity index (χ4n) is 4.18. The fourth-order valence-corrected chi connectivity index (χ4v) is 4.18. The summed E-state index contributed by atoms with van der Waals surface area (Å²) < 4.78 is 21.2. The largest absolute Gasteiger partial charge is 0.356 e. The van der Waals surface area contributed by atoms with Crippen molar-refractivity contribution in [2.45, 2.75) is 26.1 Å². The molecule has 8 nitrogen and oxygen atoms in total. The number of hydrogen-bond donors (Lipinski definition) is 0. The van der Waals surface area contributed by atoms with Crippen LogP contribution in [0.3, 0.4) is 0 Å². The van der Waals surface area contributed by atoms with E-state index in [1.54, 1.807) is 36.8 Å². The van der Waals surface area contributed by atoms with Crippen molar-refractivity contribution < 1.29 is 13.9 Å². The van der Waals surface area contributed by atoms with Crippen LogP contribution in [0.1, 0.15) is 22.6 Å². The first-order valence-electron chi connectivity index (χ1n) is 11.0. The number of aldehydes is 1. The number of aryl methyl sites for hydroxylation is 1. The second-order valence-corrected chi connectivity index (χ2v) is 8.06. The second kappa shape index (κ2) is 9.48. The highest BCUT2D eigenvalue weighted by Crippen LogP contribution is 2.34. The van der Waals surface area contributed by atoms with Gasteiger partial charge >= 0.3 is 0 Å². The predicted octanol–water partition coefficient (Wildman–Crippen LogP) is 3.92. The Bertz CT molecular complexity index is 1290. The van der Waals surface area contributed by atoms with Gasteiger partial charge in [0.15, 0.2) is 12.1 Å². The van der Waals surface area contributed by atoms with E-state index in [9.17, 15) is 9.18 Å². The lowest BCUT2D eigenvalue weighted by atomic mass is 10.1. The van der Waals surface area contributed by atoms with Gasteiger partial charge in [0.05, 0.1) is 30.6 Å². The summed E-state index contributed by atoms with van der Waals surface area (Å²) in [5.41, 5.74) is 4.18. The molecular weight excluding hydrogens is 435 g/mol. The van der Waals surface area contributed by atoms with E-state index in [1.807, 2.05) is 23.9 Å². The summed E-state index contributed by atoms with van der Waals surface area (Å²) in [6, 6.07) is 9.99. The molecule has 5 rings (SSSR count). The summed E-state index contributed by atoms with van der Waals surface area (Å²) in [5.74, 6) is 0.164. The monoisotopic (exact) mass is 458 g/mol. The van der Waals surface area contributed by atoms with Crippen LogP contribution in [-0.4, -0.2) is 50.4 Å². The van der Waals surface area contributed by atoms with E-state index in [0.717, 1.165) is 41.8 Å². The molecule has 0 aliphatic carbocycles. The third-order valence-corrected chi connectivity index (χ3v) is 5.72. The SMILES string of the molecule is Cc1cc(N2CCCOC2Cn2cc(-c3ccc(F)cc3)cn2)c(-c2ncccn2)c(C=O)n1. The van der Waals surface area contributed by atoms with E-state index in [2.05, 4.69) is 25.0 Å². The van der Waals surface area contributed by atoms with Gasteiger partial charge < -0.3 is 9.64 Å². The minimum Gasteiger partial charge on any atom is -0.356 e. The molecule has 0 N–H and O–H groups in total. The number of ether oxygens (including phenoxy) is 1. The van der Waals surface area contributed by atoms with Crippen LogP contribution in [0.5, 0.6) is 0 Å². The summed E-state index contributed by atoms with van der Waals surface area (Å²) in [7, 11) is 0. The Hall–Kier alpha value is -3.98. The molecule has 172 valence electrons. The maximum absolute atomic E-state index is 13.3. The minimum absolute atomic E-state index is 0.275. The molecule has 0 radical (unpaired) electrons. The highest BCUT2D eigenvalue weighted by molar-refractivity contribution is 5.90. The van der Waals surface area contributed by atoms with Crippen molar-refractivity contribution in [1.29, 1.82) is 0 Å². The van der Waals surface area contributed by atoms with Crippen molar-refractivity contribution in [3.63, 3.8) is 0 Å². The van der Waals surface area contributed by atoms with Crippen molar-refractivity contribution in [2.24, 2.45) is 0 Å². The molecule has 1 saturated heterocycles. The molecule has 1 unspecified atom stereocenters. The maximum atomic E-state index is 13.3. The van der Waals surface area contributed by atoms with E-state index in [0.29, 0.717) is 30.2 Å². The molecular formula is C25H23FN6O2. The molecule has 3 aromatic heterocycles. The zero-order chi connectivity index (χ0) is 23.5. The van der Waals surface area contributed by atoms with Crippen molar-refractivity contribution in [3.8, 4) is 22.5 Å². The highest BCUT2D eigenvalue weighted by Gasteiger charge is 2.29. The number of aromatic nitrogens is 5. The number of halogens is 1. The smallest absolute Gasteiger partial charge is 0.169 e. The van der Waals surface area contributed by atoms with Gasteiger partial charge in [-0.1, -0.05) is 12.1 Å². The Morgan fingerprint density at radius 3 is 2.74 bits per heavy atom. The van der Waals surface area contributed by atoms with Gasteiger partial charge in [-0.25, -0.2) is 19.3 Å². The van der Waals surface area contributed by atoms with Crippen molar-refractivity contribution in [1.82, 2.24) is 24.7 Å². The first-order chi connectivity index (χ1) is 16.6. The topological polar surface area (TPSA) is 86.0 Å². The Morgan fingerprint density at radius 2 is 1.97 bits per heavy atom. The summed E-state index contributed by atoms with van der Waals surface area (Å²) in [6.45, 7) is 3.68. The average Bonchev–Trinajstić information content (AvgIpc) is 3.33. The number of benzene rings is 1. The van der Waals surface area contributed by atoms with Gasteiger partial charge in [-0.15, -0.1) is 0 Å². The van der Waals surface area contributed by atoms with Crippen LogP contribution in [-0.2, 0) is 11.3 Å². The summed E-state index contributed by atoms with van der Waals surface area (Å²) >= 11 is 0. The van der Waals surface area contributed by atoms with Gasteiger partial charge in [-0.2, -0.15) is 5.10 Å². The van der Waals surface area contributed by atoms with E-state index < -0.39 is 0 Å². The lowest BCUT2D eigenvalue weighted by Gasteiger charge is -2.38. The molecule has 0 amide bonds. The molecule has 4 heterocycles. The molecule has 0 bridgehead atoms. The van der Waals surface area contributed by atoms with Gasteiger partial charge in [0.1, 0.15) is 17.7 Å². The van der Waals surface area contributed by atoms with Gasteiger partial charge in [-0.3, -0.25) is 9.48 Å². The molecule has 0 spiro atoms. The lowest BCUT2D eigenvalue weighted by molar-refractivity contribution is 0.0133. The summed E-state index contributed by atoms with van der Waals surface area (Å²) in [6.07, 6.45) is 8.22. The standard InChI is InChI=1S/C25H23FN6O2/c1-17-12-22(24(21(16-33)30-17)25-27-8-2-9-28-25)32-10-3-11-34-23(32)15-31-14-19(13-29-31)18-4-6-20(26)7-5-18/h2,4-9,12-14,16,23H,3,10-11,15H2,1H3. The van der Waals surface area contributed by atoms with Gasteiger partial charge in [-0.05, 0) is 43.2 Å². The van der Waals surface area contributed by atoms with E-state index >= 15 is 0 Å². The number of hydrogen-bond acceptors (Lipinski definition) is 7. The molecule has 1 aliphatic heterocycles. The first-order valence-corrected chi connectivity index (χ1v) is 11.0. The third kappa shape index (κ3) is 4.42. The van der Waals surface area contributed by atoms with E-state index in [-0.39, 0.29) is 12.0 Å². The number of anilines is 1. The van der Waals surface area contributed by atoms with Gasteiger partial charge in [0, 0.05) is 36.4 Å². The van der Waals surface area contributed by atoms with Crippen LogP contribution < -0.4 is 4.90 Å². The molecule has 0 saturated carbocycles. The Balaban J connectivity index is 1.49. The highest BCUT2D eigenvalue weighted by atomic mass is 19.1. The molecule has 1 aromatic carbocycles. The molecule has 1 fully saturated rings. The van der Waals surface area contributed by atoms with Crippen LogP contribution in [0.2, 0.25) is 0 Å². The maximum Gasteiger partial charge on any atom is 0.169 e. The zero-order valence-electron chi connectivity index (χ0n) is 18.6. The normalized spacial score (nSPS) is 15.9. The first kappa shape index (κ1) is 21.8. The van der Waals surface area contributed by atoms with Crippen LogP contribution in [0.4, 0.5) is 10.1 Å². The third-order valence-electron chi connectivity index (χ3n) is 5.72. The van der Waals surface area contributed by atoms with Crippen LogP contribution >= 0.6 is 0 Å². The van der Waals surface area contributed by atoms with Crippen LogP contribution in [0.15, 0.2) is 61.2 Å². The second-order valence-electron chi connectivity index (χ2n) is 8.06. The molecule has 1 aliphatic rings. The molecule has 34 heavy (non-hydrogen) atoms. The van der Waals surface area contributed by atoms with E-state index in [1.165, 1.54) is 12.1 Å². The van der Waals surface area contributed by atoms with Gasteiger partial charge in [0.2, 0.25) is 0 Å². The summed E-state index contributed by atoms with van der Waals surface area (Å²) in [4.78, 5) is 27.2. The Labute approximate surface area is 196 Å². The number of carbonyl (C=O) groups is 1. The fraction of sp³-hybridized carbons (Fsp3) is 0.240. The quantitative estimate of drug-likeness (QED) is 0.405. The van der Waals surface area contributed by atoms with Crippen LogP contribution in [0, 0.1) is 12.7 Å². The molecule has 1 atom stereocenters. The van der Waals surface area contributed by atoms with E-state index in [4.69, 9.17) is 4.74 Å². The minimum atomic E-state index is -0.321.